The molecule has 1 fully saturated rings. The summed E-state index contributed by atoms with van der Waals surface area (Å²) in [7, 11) is 2.01. The molecule has 1 saturated carbocycles. The molecule has 2 nitrogen and oxygen atoms in total. The minimum Gasteiger partial charge on any atom is -0.212 e. The quantitative estimate of drug-likeness (QED) is 0.624. The third-order valence-electron chi connectivity index (χ3n) is 2.75. The number of rotatable bonds is 1. The van der Waals surface area contributed by atoms with Crippen molar-refractivity contribution in [2.75, 3.05) is 0 Å². The molecule has 0 unspecified atom stereocenters. The van der Waals surface area contributed by atoms with Crippen LogP contribution in [0.25, 0.3) is 0 Å². The van der Waals surface area contributed by atoms with Crippen LogP contribution in [-0.4, -0.2) is 13.7 Å². The zero-order chi connectivity index (χ0) is 9.41. The van der Waals surface area contributed by atoms with Crippen molar-refractivity contribution in [1.82, 2.24) is 0 Å². The van der Waals surface area contributed by atoms with Crippen molar-refractivity contribution >= 4 is 19.7 Å². The number of halogens is 1. The summed E-state index contributed by atoms with van der Waals surface area (Å²) >= 11 is 0. The first-order chi connectivity index (χ1) is 5.34. The minimum atomic E-state index is -3.36. The van der Waals surface area contributed by atoms with E-state index in [1.165, 1.54) is 0 Å². The van der Waals surface area contributed by atoms with Gasteiger partial charge in [-0.1, -0.05) is 26.7 Å². The van der Waals surface area contributed by atoms with Gasteiger partial charge in [0.2, 0.25) is 9.05 Å². The van der Waals surface area contributed by atoms with Gasteiger partial charge in [0.25, 0.3) is 0 Å². The Morgan fingerprint density at radius 1 is 1.33 bits per heavy atom. The summed E-state index contributed by atoms with van der Waals surface area (Å²) < 4.78 is 22.3. The zero-order valence-electron chi connectivity index (χ0n) is 7.51. The lowest BCUT2D eigenvalue weighted by Crippen LogP contribution is -2.36. The normalized spacial score (nSPS) is 30.1. The lowest BCUT2D eigenvalue weighted by molar-refractivity contribution is 0.249. The average Bonchev–Trinajstić information content (AvgIpc) is 1.83. The number of hydrogen-bond acceptors (Lipinski definition) is 2. The molecule has 0 amide bonds. The third kappa shape index (κ3) is 2.13. The predicted octanol–water partition coefficient (Wildman–Crippen LogP) is 2.52. The monoisotopic (exact) mass is 210 g/mol. The van der Waals surface area contributed by atoms with Gasteiger partial charge in [-0.25, -0.2) is 8.42 Å². The van der Waals surface area contributed by atoms with E-state index in [4.69, 9.17) is 10.7 Å². The highest BCUT2D eigenvalue weighted by molar-refractivity contribution is 8.14. The summed E-state index contributed by atoms with van der Waals surface area (Å²) in [5.74, 6) is 0. The van der Waals surface area contributed by atoms with Crippen LogP contribution in [0.1, 0.15) is 39.5 Å². The summed E-state index contributed by atoms with van der Waals surface area (Å²) in [6, 6.07) is 0. The molecule has 0 radical (unpaired) electrons. The standard InChI is InChI=1S/C8H15ClO2S/c1-8(2)6-4-3-5-7(8)12(9,10)11/h7H,3-6H2,1-2H3/t7-/m0/s1. The van der Waals surface area contributed by atoms with Crippen LogP contribution in [0.5, 0.6) is 0 Å². The van der Waals surface area contributed by atoms with Crippen LogP contribution in [0.15, 0.2) is 0 Å². The van der Waals surface area contributed by atoms with Gasteiger partial charge in [-0.3, -0.25) is 0 Å². The van der Waals surface area contributed by atoms with Crippen molar-refractivity contribution in [3.05, 3.63) is 0 Å². The van der Waals surface area contributed by atoms with Gasteiger partial charge in [-0.05, 0) is 18.3 Å². The maximum atomic E-state index is 11.2. The molecule has 1 aliphatic rings. The smallest absolute Gasteiger partial charge is 0.212 e. The Morgan fingerprint density at radius 2 is 1.92 bits per heavy atom. The van der Waals surface area contributed by atoms with Crippen molar-refractivity contribution in [2.24, 2.45) is 5.41 Å². The largest absolute Gasteiger partial charge is 0.235 e. The topological polar surface area (TPSA) is 34.1 Å². The van der Waals surface area contributed by atoms with Crippen molar-refractivity contribution in [1.29, 1.82) is 0 Å². The van der Waals surface area contributed by atoms with Gasteiger partial charge in [0.1, 0.15) is 0 Å². The van der Waals surface area contributed by atoms with E-state index in [9.17, 15) is 8.42 Å². The first-order valence-electron chi connectivity index (χ1n) is 4.27. The average molecular weight is 211 g/mol. The minimum absolute atomic E-state index is 0.140. The molecule has 0 aromatic rings. The molecule has 0 aromatic heterocycles. The molecular weight excluding hydrogens is 196 g/mol. The van der Waals surface area contributed by atoms with Gasteiger partial charge in [-0.2, -0.15) is 0 Å². The van der Waals surface area contributed by atoms with Gasteiger partial charge < -0.3 is 0 Å². The second kappa shape index (κ2) is 3.18. The Balaban J connectivity index is 2.88. The van der Waals surface area contributed by atoms with Crippen molar-refractivity contribution in [3.8, 4) is 0 Å². The number of hydrogen-bond donors (Lipinski definition) is 0. The van der Waals surface area contributed by atoms with E-state index in [1.54, 1.807) is 0 Å². The first kappa shape index (κ1) is 10.3. The molecular formula is C8H15ClO2S. The predicted molar refractivity (Wildman–Crippen MR) is 50.8 cm³/mol. The van der Waals surface area contributed by atoms with Crippen LogP contribution in [0, 0.1) is 5.41 Å². The van der Waals surface area contributed by atoms with E-state index < -0.39 is 9.05 Å². The molecule has 0 aliphatic heterocycles. The molecule has 12 heavy (non-hydrogen) atoms. The van der Waals surface area contributed by atoms with Crippen molar-refractivity contribution < 1.29 is 8.42 Å². The van der Waals surface area contributed by atoms with Crippen LogP contribution in [0.3, 0.4) is 0 Å². The second-order valence-electron chi connectivity index (χ2n) is 4.20. The molecule has 0 saturated heterocycles. The summed E-state index contributed by atoms with van der Waals surface area (Å²) in [6.45, 7) is 3.97. The van der Waals surface area contributed by atoms with E-state index in [1.807, 2.05) is 13.8 Å². The molecule has 0 N–H and O–H groups in total. The molecule has 0 bridgehead atoms. The molecule has 0 spiro atoms. The Morgan fingerprint density at radius 3 is 2.25 bits per heavy atom. The van der Waals surface area contributed by atoms with E-state index >= 15 is 0 Å². The summed E-state index contributed by atoms with van der Waals surface area (Å²) in [5.41, 5.74) is -0.140. The van der Waals surface area contributed by atoms with E-state index in [2.05, 4.69) is 0 Å². The Labute approximate surface area is 78.7 Å². The third-order valence-corrected chi connectivity index (χ3v) is 4.95. The van der Waals surface area contributed by atoms with Crippen LogP contribution in [-0.2, 0) is 9.05 Å². The molecule has 0 aromatic carbocycles. The Kier molecular flexibility index (Phi) is 2.74. The highest BCUT2D eigenvalue weighted by atomic mass is 35.7. The maximum Gasteiger partial charge on any atom is 0.235 e. The SMILES string of the molecule is CC1(C)CCCC[C@@H]1S(=O)(=O)Cl. The fraction of sp³-hybridized carbons (Fsp3) is 1.00. The van der Waals surface area contributed by atoms with Gasteiger partial charge >= 0.3 is 0 Å². The van der Waals surface area contributed by atoms with Gasteiger partial charge in [0.15, 0.2) is 0 Å². The second-order valence-corrected chi connectivity index (χ2v) is 7.01. The zero-order valence-corrected chi connectivity index (χ0v) is 9.08. The molecule has 1 aliphatic carbocycles. The fourth-order valence-electron chi connectivity index (χ4n) is 1.98. The van der Waals surface area contributed by atoms with Gasteiger partial charge in [0, 0.05) is 10.7 Å². The summed E-state index contributed by atoms with van der Waals surface area (Å²) in [5, 5.41) is -0.347. The Bertz CT molecular complexity index is 256. The highest BCUT2D eigenvalue weighted by Crippen LogP contribution is 2.40. The molecule has 4 heteroatoms. The van der Waals surface area contributed by atoms with Crippen molar-refractivity contribution in [3.63, 3.8) is 0 Å². The lowest BCUT2D eigenvalue weighted by atomic mass is 9.77. The highest BCUT2D eigenvalue weighted by Gasteiger charge is 2.39. The van der Waals surface area contributed by atoms with Gasteiger partial charge in [-0.15, -0.1) is 0 Å². The van der Waals surface area contributed by atoms with Crippen molar-refractivity contribution in [2.45, 2.75) is 44.8 Å². The maximum absolute atomic E-state index is 11.2. The lowest BCUT2D eigenvalue weighted by Gasteiger charge is -2.36. The van der Waals surface area contributed by atoms with E-state index in [0.29, 0.717) is 0 Å². The first-order valence-corrected chi connectivity index (χ1v) is 6.65. The van der Waals surface area contributed by atoms with Crippen LogP contribution < -0.4 is 0 Å². The summed E-state index contributed by atoms with van der Waals surface area (Å²) in [6.07, 6.45) is 3.79. The molecule has 1 rings (SSSR count). The molecule has 1 atom stereocenters. The van der Waals surface area contributed by atoms with Gasteiger partial charge in [0.05, 0.1) is 5.25 Å². The van der Waals surface area contributed by atoms with Crippen LogP contribution in [0.4, 0.5) is 0 Å². The summed E-state index contributed by atoms with van der Waals surface area (Å²) in [4.78, 5) is 0. The van der Waals surface area contributed by atoms with E-state index in [-0.39, 0.29) is 10.7 Å². The van der Waals surface area contributed by atoms with Crippen LogP contribution in [0.2, 0.25) is 0 Å². The molecule has 72 valence electrons. The Hall–Kier alpha value is 0.240. The fourth-order valence-corrected chi connectivity index (χ4v) is 4.30. The molecule has 0 heterocycles. The van der Waals surface area contributed by atoms with Crippen LogP contribution >= 0.6 is 10.7 Å². The van der Waals surface area contributed by atoms with E-state index in [0.717, 1.165) is 25.7 Å².